The van der Waals surface area contributed by atoms with Gasteiger partial charge in [0.2, 0.25) is 0 Å². The van der Waals surface area contributed by atoms with Crippen LogP contribution in [0, 0.1) is 5.92 Å². The van der Waals surface area contributed by atoms with E-state index in [0.717, 1.165) is 6.54 Å². The zero-order valence-corrected chi connectivity index (χ0v) is 11.3. The Labute approximate surface area is 117 Å². The normalized spacial score (nSPS) is 13.7. The molecular formula is C14H18N2O4. The van der Waals surface area contributed by atoms with E-state index in [1.54, 1.807) is 36.2 Å². The summed E-state index contributed by atoms with van der Waals surface area (Å²) in [6.45, 7) is 0.404. The predicted molar refractivity (Wildman–Crippen MR) is 73.9 cm³/mol. The van der Waals surface area contributed by atoms with Gasteiger partial charge in [0.05, 0.1) is 0 Å². The Morgan fingerprint density at radius 1 is 1.35 bits per heavy atom. The molecule has 20 heavy (non-hydrogen) atoms. The molecule has 0 spiro atoms. The van der Waals surface area contributed by atoms with Crippen LogP contribution in [0.3, 0.4) is 0 Å². The Balaban J connectivity index is 1.82. The second-order valence-corrected chi connectivity index (χ2v) is 4.96. The lowest BCUT2D eigenvalue weighted by Crippen LogP contribution is -2.32. The smallest absolute Gasteiger partial charge is 0.341 e. The monoisotopic (exact) mass is 278 g/mol. The summed E-state index contributed by atoms with van der Waals surface area (Å²) in [7, 11) is 1.78. The molecule has 0 saturated heterocycles. The average Bonchev–Trinajstić information content (AvgIpc) is 3.21. The second kappa shape index (κ2) is 6.27. The van der Waals surface area contributed by atoms with E-state index in [1.165, 1.54) is 12.8 Å². The minimum Gasteiger partial charge on any atom is -0.482 e. The van der Waals surface area contributed by atoms with Gasteiger partial charge in [0.1, 0.15) is 5.75 Å². The molecule has 1 saturated carbocycles. The number of carbonyl (C=O) groups excluding carboxylic acids is 1. The standard InChI is InChI=1S/C14H18N2O4/c1-16(8-10-2-3-10)14(19)15-11-4-6-12(7-5-11)20-9-13(17)18/h4-7,10H,2-3,8-9H2,1H3,(H,15,19)(H,17,18). The van der Waals surface area contributed by atoms with E-state index in [9.17, 15) is 9.59 Å². The van der Waals surface area contributed by atoms with E-state index in [2.05, 4.69) is 5.32 Å². The molecule has 1 fully saturated rings. The molecule has 0 atom stereocenters. The van der Waals surface area contributed by atoms with Crippen LogP contribution in [0.2, 0.25) is 0 Å². The van der Waals surface area contributed by atoms with E-state index in [4.69, 9.17) is 9.84 Å². The lowest BCUT2D eigenvalue weighted by molar-refractivity contribution is -0.139. The predicted octanol–water partition coefficient (Wildman–Crippen LogP) is 2.02. The Kier molecular flexibility index (Phi) is 4.45. The number of nitrogens with zero attached hydrogens (tertiary/aromatic N) is 1. The number of urea groups is 1. The molecule has 2 rings (SSSR count). The fraction of sp³-hybridized carbons (Fsp3) is 0.429. The van der Waals surface area contributed by atoms with Gasteiger partial charge in [-0.05, 0) is 43.0 Å². The molecule has 2 N–H and O–H groups in total. The summed E-state index contributed by atoms with van der Waals surface area (Å²) < 4.78 is 5.01. The van der Waals surface area contributed by atoms with Crippen molar-refractivity contribution in [2.45, 2.75) is 12.8 Å². The van der Waals surface area contributed by atoms with Crippen LogP contribution in [0.15, 0.2) is 24.3 Å². The lowest BCUT2D eigenvalue weighted by atomic mass is 10.3. The number of anilines is 1. The van der Waals surface area contributed by atoms with Crippen LogP contribution in [0.5, 0.6) is 5.75 Å². The minimum atomic E-state index is -1.02. The number of hydrogen-bond acceptors (Lipinski definition) is 3. The molecule has 0 radical (unpaired) electrons. The molecule has 1 aromatic rings. The topological polar surface area (TPSA) is 78.9 Å². The van der Waals surface area contributed by atoms with Crippen molar-refractivity contribution in [2.75, 3.05) is 25.5 Å². The summed E-state index contributed by atoms with van der Waals surface area (Å²) in [5, 5.41) is 11.3. The van der Waals surface area contributed by atoms with Gasteiger partial charge in [-0.3, -0.25) is 0 Å². The molecule has 1 aromatic carbocycles. The zero-order chi connectivity index (χ0) is 14.5. The van der Waals surface area contributed by atoms with Crippen LogP contribution in [0.1, 0.15) is 12.8 Å². The molecule has 1 aliphatic rings. The van der Waals surface area contributed by atoms with Gasteiger partial charge in [-0.1, -0.05) is 0 Å². The number of aliphatic carboxylic acids is 1. The van der Waals surface area contributed by atoms with Crippen molar-refractivity contribution >= 4 is 17.7 Å². The number of carboxylic acid groups (broad SMARTS) is 1. The highest BCUT2D eigenvalue weighted by atomic mass is 16.5. The molecule has 0 bridgehead atoms. The number of amides is 2. The molecule has 0 aromatic heterocycles. The maximum Gasteiger partial charge on any atom is 0.341 e. The number of carboxylic acids is 1. The summed E-state index contributed by atoms with van der Waals surface area (Å²) >= 11 is 0. The zero-order valence-electron chi connectivity index (χ0n) is 11.3. The summed E-state index contributed by atoms with van der Waals surface area (Å²) in [5.74, 6) is 0.0818. The van der Waals surface area contributed by atoms with Crippen molar-refractivity contribution in [3.8, 4) is 5.75 Å². The highest BCUT2D eigenvalue weighted by Crippen LogP contribution is 2.29. The largest absolute Gasteiger partial charge is 0.482 e. The third kappa shape index (κ3) is 4.46. The number of benzene rings is 1. The Morgan fingerprint density at radius 2 is 2.00 bits per heavy atom. The molecule has 0 aliphatic heterocycles. The quantitative estimate of drug-likeness (QED) is 0.834. The number of ether oxygens (including phenoxy) is 1. The van der Waals surface area contributed by atoms with Gasteiger partial charge in [0.15, 0.2) is 6.61 Å². The molecule has 2 amide bonds. The van der Waals surface area contributed by atoms with Gasteiger partial charge >= 0.3 is 12.0 Å². The van der Waals surface area contributed by atoms with E-state index in [-0.39, 0.29) is 12.6 Å². The third-order valence-electron chi connectivity index (χ3n) is 3.04. The second-order valence-electron chi connectivity index (χ2n) is 4.96. The summed E-state index contributed by atoms with van der Waals surface area (Å²) in [6, 6.07) is 6.47. The molecule has 108 valence electrons. The molecule has 6 heteroatoms. The molecule has 0 heterocycles. The summed E-state index contributed by atoms with van der Waals surface area (Å²) in [6.07, 6.45) is 2.40. The van der Waals surface area contributed by atoms with Crippen LogP contribution >= 0.6 is 0 Å². The first-order valence-corrected chi connectivity index (χ1v) is 6.51. The van der Waals surface area contributed by atoms with E-state index >= 15 is 0 Å². The highest BCUT2D eigenvalue weighted by Gasteiger charge is 2.24. The first-order chi connectivity index (χ1) is 9.54. The maximum absolute atomic E-state index is 11.9. The van der Waals surface area contributed by atoms with E-state index < -0.39 is 5.97 Å². The molecular weight excluding hydrogens is 260 g/mol. The maximum atomic E-state index is 11.9. The van der Waals surface area contributed by atoms with Gasteiger partial charge in [0.25, 0.3) is 0 Å². The van der Waals surface area contributed by atoms with Gasteiger partial charge in [-0.25, -0.2) is 9.59 Å². The van der Waals surface area contributed by atoms with Crippen molar-refractivity contribution in [1.29, 1.82) is 0 Å². The van der Waals surface area contributed by atoms with Crippen LogP contribution in [0.25, 0.3) is 0 Å². The fourth-order valence-electron chi connectivity index (χ4n) is 1.77. The molecule has 6 nitrogen and oxygen atoms in total. The van der Waals surface area contributed by atoms with Gasteiger partial charge in [-0.2, -0.15) is 0 Å². The van der Waals surface area contributed by atoms with Crippen LogP contribution < -0.4 is 10.1 Å². The van der Waals surface area contributed by atoms with Gasteiger partial charge in [-0.15, -0.1) is 0 Å². The highest BCUT2D eigenvalue weighted by molar-refractivity contribution is 5.89. The van der Waals surface area contributed by atoms with Crippen LogP contribution in [-0.4, -0.2) is 42.2 Å². The Bertz CT molecular complexity index is 482. The summed E-state index contributed by atoms with van der Waals surface area (Å²) in [5.41, 5.74) is 0.653. The van der Waals surface area contributed by atoms with Crippen molar-refractivity contribution in [3.63, 3.8) is 0 Å². The number of rotatable bonds is 6. The van der Waals surface area contributed by atoms with Crippen molar-refractivity contribution in [1.82, 2.24) is 4.90 Å². The van der Waals surface area contributed by atoms with Crippen molar-refractivity contribution < 1.29 is 19.4 Å². The SMILES string of the molecule is CN(CC1CC1)C(=O)Nc1ccc(OCC(=O)O)cc1. The van der Waals surface area contributed by atoms with Crippen LogP contribution in [-0.2, 0) is 4.79 Å². The van der Waals surface area contributed by atoms with E-state index in [1.807, 2.05) is 0 Å². The van der Waals surface area contributed by atoms with E-state index in [0.29, 0.717) is 17.4 Å². The third-order valence-corrected chi connectivity index (χ3v) is 3.04. The minimum absolute atomic E-state index is 0.142. The molecule has 0 unspecified atom stereocenters. The first-order valence-electron chi connectivity index (χ1n) is 6.51. The lowest BCUT2D eigenvalue weighted by Gasteiger charge is -2.17. The number of carbonyl (C=O) groups is 2. The molecule has 1 aliphatic carbocycles. The Morgan fingerprint density at radius 3 is 2.55 bits per heavy atom. The first kappa shape index (κ1) is 14.2. The number of hydrogen-bond donors (Lipinski definition) is 2. The van der Waals surface area contributed by atoms with Gasteiger partial charge < -0.3 is 20.1 Å². The number of nitrogens with one attached hydrogen (secondary N) is 1. The van der Waals surface area contributed by atoms with Crippen LogP contribution in [0.4, 0.5) is 10.5 Å². The van der Waals surface area contributed by atoms with Gasteiger partial charge in [0, 0.05) is 19.3 Å². The fourth-order valence-corrected chi connectivity index (χ4v) is 1.77. The summed E-state index contributed by atoms with van der Waals surface area (Å²) in [4.78, 5) is 23.9. The van der Waals surface area contributed by atoms with Crippen molar-refractivity contribution in [3.05, 3.63) is 24.3 Å². The average molecular weight is 278 g/mol. The Hall–Kier alpha value is -2.24. The van der Waals surface area contributed by atoms with Crippen molar-refractivity contribution in [2.24, 2.45) is 5.92 Å².